The lowest BCUT2D eigenvalue weighted by molar-refractivity contribution is -0.116. The number of aromatic nitrogens is 1. The normalized spacial score (nSPS) is 10.5. The van der Waals surface area contributed by atoms with E-state index in [9.17, 15) is 4.79 Å². The maximum absolute atomic E-state index is 11.8. The molecule has 1 N–H and O–H groups in total. The molecule has 2 rings (SSSR count). The number of rotatable bonds is 7. The van der Waals surface area contributed by atoms with Gasteiger partial charge in [0.25, 0.3) is 5.91 Å². The van der Waals surface area contributed by atoms with Gasteiger partial charge >= 0.3 is 0 Å². The maximum Gasteiger partial charge on any atom is 0.262 e. The maximum atomic E-state index is 11.8. The molecule has 1 heterocycles. The zero-order chi connectivity index (χ0) is 17.2. The number of hydrogen-bond acceptors (Lipinski definition) is 4. The molecule has 1 aromatic carbocycles. The molecule has 0 aliphatic rings. The Morgan fingerprint density at radius 2 is 1.96 bits per heavy atom. The second kappa shape index (κ2) is 8.91. The molecule has 120 valence electrons. The Hall–Kier alpha value is -3.39. The number of ether oxygens (including phenoxy) is 1. The summed E-state index contributed by atoms with van der Waals surface area (Å²) in [6.07, 6.45) is 6.52. The third-order valence-electron chi connectivity index (χ3n) is 3.12. The number of nitrogens with zero attached hydrogens (tertiary/aromatic N) is 2. The molecule has 1 amide bonds. The fraction of sp³-hybridized carbons (Fsp3) is 0.105. The first kappa shape index (κ1) is 17.0. The summed E-state index contributed by atoms with van der Waals surface area (Å²) in [5, 5.41) is 11.7. The summed E-state index contributed by atoms with van der Waals surface area (Å²) in [6.45, 7) is 4.28. The van der Waals surface area contributed by atoms with Gasteiger partial charge in [0.1, 0.15) is 24.0 Å². The third kappa shape index (κ3) is 5.11. The molecule has 24 heavy (non-hydrogen) atoms. The van der Waals surface area contributed by atoms with Gasteiger partial charge in [-0.15, -0.1) is 6.58 Å². The fourth-order valence-electron chi connectivity index (χ4n) is 1.88. The Morgan fingerprint density at radius 3 is 2.58 bits per heavy atom. The first-order chi connectivity index (χ1) is 11.7. The summed E-state index contributed by atoms with van der Waals surface area (Å²) >= 11 is 0. The minimum Gasteiger partial charge on any atom is -0.489 e. The smallest absolute Gasteiger partial charge is 0.262 e. The molecular weight excluding hydrogens is 302 g/mol. The van der Waals surface area contributed by atoms with E-state index in [1.165, 1.54) is 6.08 Å². The standard InChI is InChI=1S/C19H17N3O2/c1-2-9-22-19(23)17(13-20)12-15-3-5-18(6-4-15)24-14-16-7-10-21-11-8-16/h2-8,10-12H,1,9,14H2,(H,22,23)/b17-12+. The van der Waals surface area contributed by atoms with Gasteiger partial charge in [-0.2, -0.15) is 5.26 Å². The molecule has 0 radical (unpaired) electrons. The molecule has 5 heteroatoms. The molecule has 1 aromatic heterocycles. The summed E-state index contributed by atoms with van der Waals surface area (Å²) in [6, 6.07) is 12.8. The first-order valence-electron chi connectivity index (χ1n) is 7.35. The minimum absolute atomic E-state index is 0.0438. The van der Waals surface area contributed by atoms with Gasteiger partial charge in [0.05, 0.1) is 0 Å². The van der Waals surface area contributed by atoms with Crippen molar-refractivity contribution < 1.29 is 9.53 Å². The van der Waals surface area contributed by atoms with Crippen molar-refractivity contribution in [3.63, 3.8) is 0 Å². The van der Waals surface area contributed by atoms with Crippen molar-refractivity contribution in [1.29, 1.82) is 5.26 Å². The van der Waals surface area contributed by atoms with Gasteiger partial charge in [-0.3, -0.25) is 9.78 Å². The second-order valence-electron chi connectivity index (χ2n) is 4.88. The van der Waals surface area contributed by atoms with Crippen molar-refractivity contribution in [2.45, 2.75) is 6.61 Å². The molecule has 0 bridgehead atoms. The van der Waals surface area contributed by atoms with Crippen LogP contribution in [0.3, 0.4) is 0 Å². The van der Waals surface area contributed by atoms with Crippen LogP contribution < -0.4 is 10.1 Å². The molecule has 0 fully saturated rings. The Bertz CT molecular complexity index is 759. The first-order valence-corrected chi connectivity index (χ1v) is 7.35. The second-order valence-corrected chi connectivity index (χ2v) is 4.88. The van der Waals surface area contributed by atoms with E-state index in [-0.39, 0.29) is 5.57 Å². The van der Waals surface area contributed by atoms with E-state index in [1.54, 1.807) is 42.7 Å². The average molecular weight is 319 g/mol. The number of nitriles is 1. The summed E-state index contributed by atoms with van der Waals surface area (Å²) in [5.41, 5.74) is 1.82. The van der Waals surface area contributed by atoms with Crippen molar-refractivity contribution in [3.05, 3.63) is 78.1 Å². The van der Waals surface area contributed by atoms with Crippen molar-refractivity contribution in [3.8, 4) is 11.8 Å². The number of carbonyl (C=O) groups is 1. The predicted molar refractivity (Wildman–Crippen MR) is 91.8 cm³/mol. The van der Waals surface area contributed by atoms with E-state index < -0.39 is 5.91 Å². The van der Waals surface area contributed by atoms with Gasteiger partial charge in [0.2, 0.25) is 0 Å². The van der Waals surface area contributed by atoms with Crippen LogP contribution in [0.4, 0.5) is 0 Å². The molecule has 0 unspecified atom stereocenters. The van der Waals surface area contributed by atoms with Crippen LogP contribution in [0.1, 0.15) is 11.1 Å². The third-order valence-corrected chi connectivity index (χ3v) is 3.12. The fourth-order valence-corrected chi connectivity index (χ4v) is 1.88. The lowest BCUT2D eigenvalue weighted by Crippen LogP contribution is -2.24. The van der Waals surface area contributed by atoms with Crippen molar-refractivity contribution in [2.75, 3.05) is 6.54 Å². The van der Waals surface area contributed by atoms with Gasteiger partial charge in [-0.1, -0.05) is 18.2 Å². The summed E-state index contributed by atoms with van der Waals surface area (Å²) in [4.78, 5) is 15.7. The molecule has 0 saturated heterocycles. The summed E-state index contributed by atoms with van der Waals surface area (Å²) < 4.78 is 5.68. The Kier molecular flexibility index (Phi) is 6.30. The van der Waals surface area contributed by atoms with Crippen LogP contribution in [0.5, 0.6) is 5.75 Å². The number of carbonyl (C=O) groups excluding carboxylic acids is 1. The van der Waals surface area contributed by atoms with Crippen LogP contribution in [-0.2, 0) is 11.4 Å². The highest BCUT2D eigenvalue weighted by Gasteiger charge is 2.07. The van der Waals surface area contributed by atoms with Crippen LogP contribution >= 0.6 is 0 Å². The molecular formula is C19H17N3O2. The van der Waals surface area contributed by atoms with Gasteiger partial charge in [-0.25, -0.2) is 0 Å². The Labute approximate surface area is 140 Å². The van der Waals surface area contributed by atoms with Crippen LogP contribution in [0, 0.1) is 11.3 Å². The Balaban J connectivity index is 2.00. The monoisotopic (exact) mass is 319 g/mol. The SMILES string of the molecule is C=CCNC(=O)/C(C#N)=C/c1ccc(OCc2ccncc2)cc1. The van der Waals surface area contributed by atoms with Crippen molar-refractivity contribution in [1.82, 2.24) is 10.3 Å². The predicted octanol–water partition coefficient (Wildman–Crippen LogP) is 2.87. The number of hydrogen-bond donors (Lipinski definition) is 1. The van der Waals surface area contributed by atoms with E-state index >= 15 is 0 Å². The van der Waals surface area contributed by atoms with Gasteiger partial charge in [0.15, 0.2) is 0 Å². The van der Waals surface area contributed by atoms with Crippen LogP contribution in [0.15, 0.2) is 67.0 Å². The molecule has 0 aliphatic carbocycles. The van der Waals surface area contributed by atoms with Crippen molar-refractivity contribution >= 4 is 12.0 Å². The lowest BCUT2D eigenvalue weighted by atomic mass is 10.1. The largest absolute Gasteiger partial charge is 0.489 e. The van der Waals surface area contributed by atoms with E-state index in [0.29, 0.717) is 18.9 Å². The zero-order valence-electron chi connectivity index (χ0n) is 13.1. The summed E-state index contributed by atoms with van der Waals surface area (Å²) in [5.74, 6) is 0.286. The van der Waals surface area contributed by atoms with Crippen LogP contribution in [0.25, 0.3) is 6.08 Å². The average Bonchev–Trinajstić information content (AvgIpc) is 2.64. The number of benzene rings is 1. The molecule has 0 spiro atoms. The molecule has 0 saturated carbocycles. The summed E-state index contributed by atoms with van der Waals surface area (Å²) in [7, 11) is 0. The molecule has 0 atom stereocenters. The number of nitrogens with one attached hydrogen (secondary N) is 1. The van der Waals surface area contributed by atoms with Crippen molar-refractivity contribution in [2.24, 2.45) is 0 Å². The number of pyridine rings is 1. The zero-order valence-corrected chi connectivity index (χ0v) is 13.1. The molecule has 5 nitrogen and oxygen atoms in total. The van der Waals surface area contributed by atoms with Crippen LogP contribution in [0.2, 0.25) is 0 Å². The highest BCUT2D eigenvalue weighted by Crippen LogP contribution is 2.16. The van der Waals surface area contributed by atoms with E-state index in [4.69, 9.17) is 10.00 Å². The lowest BCUT2D eigenvalue weighted by Gasteiger charge is -2.06. The molecule has 0 aliphatic heterocycles. The number of amides is 1. The van der Waals surface area contributed by atoms with Gasteiger partial charge in [0, 0.05) is 18.9 Å². The quantitative estimate of drug-likeness (QED) is 0.484. The van der Waals surface area contributed by atoms with Gasteiger partial charge in [-0.05, 0) is 41.5 Å². The highest BCUT2D eigenvalue weighted by atomic mass is 16.5. The van der Waals surface area contributed by atoms with E-state index in [2.05, 4.69) is 16.9 Å². The topological polar surface area (TPSA) is 75.0 Å². The van der Waals surface area contributed by atoms with E-state index in [1.807, 2.05) is 18.2 Å². The van der Waals surface area contributed by atoms with Crippen LogP contribution in [-0.4, -0.2) is 17.4 Å². The minimum atomic E-state index is -0.421. The molecule has 2 aromatic rings. The Morgan fingerprint density at radius 1 is 1.25 bits per heavy atom. The van der Waals surface area contributed by atoms with Gasteiger partial charge < -0.3 is 10.1 Å². The highest BCUT2D eigenvalue weighted by molar-refractivity contribution is 6.01. The van der Waals surface area contributed by atoms with E-state index in [0.717, 1.165) is 11.1 Å².